The smallest absolute Gasteiger partial charge is 0.00914 e. The summed E-state index contributed by atoms with van der Waals surface area (Å²) in [7, 11) is 0. The third kappa shape index (κ3) is 1.91. The Kier molecular flexibility index (Phi) is 2.85. The quantitative estimate of drug-likeness (QED) is 0.425. The van der Waals surface area contributed by atoms with E-state index in [1.807, 2.05) is 0 Å². The number of hydrogen-bond donors (Lipinski definition) is 0. The maximum Gasteiger partial charge on any atom is -0.00914 e. The zero-order valence-corrected chi connectivity index (χ0v) is 10.6. The van der Waals surface area contributed by atoms with Gasteiger partial charge in [-0.05, 0) is 52.6 Å². The van der Waals surface area contributed by atoms with Gasteiger partial charge in [-0.2, -0.15) is 0 Å². The summed E-state index contributed by atoms with van der Waals surface area (Å²) in [5.74, 6) is 0. The molecule has 18 heavy (non-hydrogen) atoms. The Morgan fingerprint density at radius 2 is 1.56 bits per heavy atom. The van der Waals surface area contributed by atoms with Crippen molar-refractivity contribution in [2.75, 3.05) is 0 Å². The van der Waals surface area contributed by atoms with E-state index in [-0.39, 0.29) is 0 Å². The highest BCUT2D eigenvalue weighted by molar-refractivity contribution is 5.99. The van der Waals surface area contributed by atoms with Crippen LogP contribution in [0, 0.1) is 0 Å². The van der Waals surface area contributed by atoms with Gasteiger partial charge in [0.1, 0.15) is 0 Å². The first-order chi connectivity index (χ1) is 8.88. The van der Waals surface area contributed by atoms with Crippen LogP contribution >= 0.6 is 0 Å². The SMILES string of the molecule is CC=CCc1cccc2cc3ccccc3cc12. The average molecular weight is 232 g/mol. The van der Waals surface area contributed by atoms with Gasteiger partial charge in [-0.15, -0.1) is 0 Å². The predicted octanol–water partition coefficient (Wildman–Crippen LogP) is 5.11. The van der Waals surface area contributed by atoms with Crippen molar-refractivity contribution in [3.05, 3.63) is 72.3 Å². The molecule has 0 aliphatic heterocycles. The number of benzene rings is 3. The Balaban J connectivity index is 2.29. The second-order valence-electron chi connectivity index (χ2n) is 4.61. The van der Waals surface area contributed by atoms with Crippen LogP contribution in [0.5, 0.6) is 0 Å². The van der Waals surface area contributed by atoms with Gasteiger partial charge < -0.3 is 0 Å². The third-order valence-electron chi connectivity index (χ3n) is 3.41. The zero-order valence-electron chi connectivity index (χ0n) is 10.6. The van der Waals surface area contributed by atoms with Crippen LogP contribution in [0.15, 0.2) is 66.7 Å². The molecule has 3 aromatic carbocycles. The molecular formula is C18H16. The number of allylic oxidation sites excluding steroid dienone is 2. The van der Waals surface area contributed by atoms with Crippen LogP contribution in [0.1, 0.15) is 12.5 Å². The summed E-state index contributed by atoms with van der Waals surface area (Å²) in [5, 5.41) is 5.33. The molecule has 0 spiro atoms. The van der Waals surface area contributed by atoms with Crippen molar-refractivity contribution in [3.63, 3.8) is 0 Å². The molecule has 0 saturated carbocycles. The Hall–Kier alpha value is -2.08. The maximum atomic E-state index is 2.31. The molecule has 0 bridgehead atoms. The van der Waals surface area contributed by atoms with Crippen molar-refractivity contribution in [2.45, 2.75) is 13.3 Å². The molecule has 0 saturated heterocycles. The van der Waals surface area contributed by atoms with E-state index in [1.54, 1.807) is 0 Å². The molecule has 3 rings (SSSR count). The lowest BCUT2D eigenvalue weighted by molar-refractivity contribution is 1.29. The minimum absolute atomic E-state index is 1.01. The van der Waals surface area contributed by atoms with Gasteiger partial charge in [0.25, 0.3) is 0 Å². The summed E-state index contributed by atoms with van der Waals surface area (Å²) in [6.45, 7) is 2.07. The third-order valence-corrected chi connectivity index (χ3v) is 3.41. The highest BCUT2D eigenvalue weighted by atomic mass is 14.1. The Morgan fingerprint density at radius 3 is 2.33 bits per heavy atom. The summed E-state index contributed by atoms with van der Waals surface area (Å²) in [6, 6.07) is 19.7. The lowest BCUT2D eigenvalue weighted by atomic mass is 9.98. The lowest BCUT2D eigenvalue weighted by Gasteiger charge is -2.06. The molecule has 0 heterocycles. The molecule has 0 fully saturated rings. The normalized spacial score (nSPS) is 11.6. The number of fused-ring (bicyclic) bond motifs is 2. The first-order valence-corrected chi connectivity index (χ1v) is 6.40. The van der Waals surface area contributed by atoms with Crippen LogP contribution in [0.3, 0.4) is 0 Å². The van der Waals surface area contributed by atoms with Gasteiger partial charge in [0.2, 0.25) is 0 Å². The van der Waals surface area contributed by atoms with Crippen molar-refractivity contribution >= 4 is 21.5 Å². The molecule has 0 amide bonds. The van der Waals surface area contributed by atoms with Crippen molar-refractivity contribution in [3.8, 4) is 0 Å². The molecule has 0 radical (unpaired) electrons. The molecule has 0 unspecified atom stereocenters. The molecule has 0 aliphatic carbocycles. The van der Waals surface area contributed by atoms with E-state index < -0.39 is 0 Å². The summed E-state index contributed by atoms with van der Waals surface area (Å²) in [6.07, 6.45) is 5.33. The monoisotopic (exact) mass is 232 g/mol. The second-order valence-corrected chi connectivity index (χ2v) is 4.61. The van der Waals surface area contributed by atoms with Crippen molar-refractivity contribution in [1.29, 1.82) is 0 Å². The molecule has 0 aliphatic rings. The minimum Gasteiger partial charge on any atom is -0.0913 e. The van der Waals surface area contributed by atoms with Crippen LogP contribution < -0.4 is 0 Å². The summed E-state index contributed by atoms with van der Waals surface area (Å²) in [5.41, 5.74) is 1.40. The van der Waals surface area contributed by atoms with E-state index in [1.165, 1.54) is 27.1 Å². The molecule has 3 aromatic rings. The highest BCUT2D eigenvalue weighted by Gasteiger charge is 2.01. The lowest BCUT2D eigenvalue weighted by Crippen LogP contribution is -1.85. The number of hydrogen-bond acceptors (Lipinski definition) is 0. The molecule has 0 nitrogen and oxygen atoms in total. The van der Waals surface area contributed by atoms with Gasteiger partial charge in [0, 0.05) is 0 Å². The first kappa shape index (κ1) is 11.0. The minimum atomic E-state index is 1.01. The van der Waals surface area contributed by atoms with E-state index in [9.17, 15) is 0 Å². The Morgan fingerprint density at radius 1 is 0.833 bits per heavy atom. The van der Waals surface area contributed by atoms with E-state index in [4.69, 9.17) is 0 Å². The topological polar surface area (TPSA) is 0 Å². The summed E-state index contributed by atoms with van der Waals surface area (Å²) in [4.78, 5) is 0. The fourth-order valence-corrected chi connectivity index (χ4v) is 2.45. The summed E-state index contributed by atoms with van der Waals surface area (Å²) < 4.78 is 0. The van der Waals surface area contributed by atoms with E-state index >= 15 is 0 Å². The van der Waals surface area contributed by atoms with Crippen LogP contribution in [-0.4, -0.2) is 0 Å². The van der Waals surface area contributed by atoms with Gasteiger partial charge in [-0.1, -0.05) is 54.6 Å². The fraction of sp³-hybridized carbons (Fsp3) is 0.111. The predicted molar refractivity (Wildman–Crippen MR) is 80.0 cm³/mol. The number of rotatable bonds is 2. The van der Waals surface area contributed by atoms with E-state index in [0.717, 1.165) is 6.42 Å². The standard InChI is InChI=1S/C18H16/c1-2-3-7-14-10-6-11-17-12-15-8-4-5-9-16(15)13-18(14)17/h2-6,8-13H,7H2,1H3. The second kappa shape index (κ2) is 4.66. The van der Waals surface area contributed by atoms with Gasteiger partial charge in [0.15, 0.2) is 0 Å². The molecule has 88 valence electrons. The molecule has 0 heteroatoms. The first-order valence-electron chi connectivity index (χ1n) is 6.40. The molecule has 0 atom stereocenters. The van der Waals surface area contributed by atoms with Gasteiger partial charge >= 0.3 is 0 Å². The van der Waals surface area contributed by atoms with Crippen LogP contribution in [0.25, 0.3) is 21.5 Å². The summed E-state index contributed by atoms with van der Waals surface area (Å²) >= 11 is 0. The zero-order chi connectivity index (χ0) is 12.4. The van der Waals surface area contributed by atoms with Gasteiger partial charge in [-0.3, -0.25) is 0 Å². The Labute approximate surface area is 108 Å². The highest BCUT2D eigenvalue weighted by Crippen LogP contribution is 2.25. The van der Waals surface area contributed by atoms with Crippen molar-refractivity contribution in [1.82, 2.24) is 0 Å². The van der Waals surface area contributed by atoms with Crippen LogP contribution in [0.4, 0.5) is 0 Å². The van der Waals surface area contributed by atoms with Gasteiger partial charge in [-0.25, -0.2) is 0 Å². The molecule has 0 aromatic heterocycles. The van der Waals surface area contributed by atoms with Crippen LogP contribution in [0.2, 0.25) is 0 Å². The molecule has 0 N–H and O–H groups in total. The molecular weight excluding hydrogens is 216 g/mol. The Bertz CT molecular complexity index is 720. The van der Waals surface area contributed by atoms with E-state index in [0.29, 0.717) is 0 Å². The van der Waals surface area contributed by atoms with Crippen molar-refractivity contribution in [2.24, 2.45) is 0 Å². The van der Waals surface area contributed by atoms with E-state index in [2.05, 4.69) is 73.7 Å². The average Bonchev–Trinajstić information content (AvgIpc) is 2.43. The van der Waals surface area contributed by atoms with Gasteiger partial charge in [0.05, 0.1) is 0 Å². The van der Waals surface area contributed by atoms with Crippen molar-refractivity contribution < 1.29 is 0 Å². The van der Waals surface area contributed by atoms with Crippen LogP contribution in [-0.2, 0) is 6.42 Å². The fourth-order valence-electron chi connectivity index (χ4n) is 2.45. The largest absolute Gasteiger partial charge is 0.0913 e. The maximum absolute atomic E-state index is 2.31.